The molecule has 0 fully saturated rings. The van der Waals surface area contributed by atoms with E-state index in [-0.39, 0.29) is 0 Å². The quantitative estimate of drug-likeness (QED) is 0.680. The van der Waals surface area contributed by atoms with Gasteiger partial charge >= 0.3 is 11.9 Å². The fraction of sp³-hybridized carbons (Fsp3) is 0.273. The Bertz CT molecular complexity index is 375. The largest absolute Gasteiger partial charge is 0.478 e. The van der Waals surface area contributed by atoms with Crippen molar-refractivity contribution >= 4 is 27.9 Å². The summed E-state index contributed by atoms with van der Waals surface area (Å²) in [6.45, 7) is 1.58. The first-order chi connectivity index (χ1) is 7.52. The van der Waals surface area contributed by atoms with Gasteiger partial charge in [0, 0.05) is 5.56 Å². The van der Waals surface area contributed by atoms with Crippen molar-refractivity contribution in [3.8, 4) is 0 Å². The normalized spacial score (nSPS) is 13.9. The molecule has 0 aliphatic heterocycles. The van der Waals surface area contributed by atoms with Crippen LogP contribution in [-0.4, -0.2) is 21.9 Å². The molecule has 0 heterocycles. The van der Waals surface area contributed by atoms with Crippen LogP contribution in [-0.2, 0) is 14.3 Å². The van der Waals surface area contributed by atoms with Gasteiger partial charge in [0.2, 0.25) is 6.10 Å². The highest BCUT2D eigenvalue weighted by Gasteiger charge is 2.25. The smallest absolute Gasteiger partial charge is 0.349 e. The van der Waals surface area contributed by atoms with E-state index in [9.17, 15) is 9.59 Å². The molecule has 1 unspecified atom stereocenters. The van der Waals surface area contributed by atoms with Gasteiger partial charge in [0.05, 0.1) is 0 Å². The number of carbonyl (C=O) groups is 2. The molecule has 0 saturated heterocycles. The average molecular weight is 287 g/mol. The number of esters is 1. The first-order valence-corrected chi connectivity index (χ1v) is 5.56. The molecule has 4 nitrogen and oxygen atoms in total. The molecule has 0 aromatic heterocycles. The van der Waals surface area contributed by atoms with Crippen LogP contribution in [0.3, 0.4) is 0 Å². The van der Waals surface area contributed by atoms with Crippen molar-refractivity contribution in [1.29, 1.82) is 0 Å². The van der Waals surface area contributed by atoms with Crippen molar-refractivity contribution in [1.82, 2.24) is 0 Å². The highest BCUT2D eigenvalue weighted by molar-refractivity contribution is 9.10. The van der Waals surface area contributed by atoms with E-state index in [0.29, 0.717) is 5.56 Å². The third-order valence-electron chi connectivity index (χ3n) is 1.89. The van der Waals surface area contributed by atoms with Gasteiger partial charge in [-0.05, 0) is 6.92 Å². The fourth-order valence-electron chi connectivity index (χ4n) is 1.10. The second-order valence-corrected chi connectivity index (χ2v) is 4.56. The number of rotatable bonds is 4. The lowest BCUT2D eigenvalue weighted by atomic mass is 10.1. The molecule has 16 heavy (non-hydrogen) atoms. The van der Waals surface area contributed by atoms with Gasteiger partial charge in [0.15, 0.2) is 0 Å². The van der Waals surface area contributed by atoms with E-state index >= 15 is 0 Å². The van der Waals surface area contributed by atoms with Crippen LogP contribution in [0, 0.1) is 0 Å². The summed E-state index contributed by atoms with van der Waals surface area (Å²) in [5, 5.41) is 8.96. The van der Waals surface area contributed by atoms with E-state index in [1.165, 1.54) is 0 Å². The number of hydrogen-bond donors (Lipinski definition) is 1. The summed E-state index contributed by atoms with van der Waals surface area (Å²) in [5.74, 6) is -1.79. The zero-order valence-corrected chi connectivity index (χ0v) is 10.2. The first-order valence-electron chi connectivity index (χ1n) is 4.64. The van der Waals surface area contributed by atoms with Crippen LogP contribution in [0.4, 0.5) is 0 Å². The Labute approximate surface area is 101 Å². The number of carboxylic acid groups (broad SMARTS) is 1. The maximum atomic E-state index is 11.3. The average Bonchev–Trinajstić information content (AvgIpc) is 2.26. The van der Waals surface area contributed by atoms with Crippen LogP contribution in [0.5, 0.6) is 0 Å². The summed E-state index contributed by atoms with van der Waals surface area (Å²) >= 11 is 3.02. The molecule has 1 aromatic rings. The lowest BCUT2D eigenvalue weighted by Crippen LogP contribution is -2.23. The number of carbonyl (C=O) groups excluding carboxylic acids is 1. The predicted octanol–water partition coefficient (Wildman–Crippen LogP) is 2.14. The molecular weight excluding hydrogens is 276 g/mol. The van der Waals surface area contributed by atoms with Gasteiger partial charge in [-0.3, -0.25) is 4.79 Å². The highest BCUT2D eigenvalue weighted by Crippen LogP contribution is 2.19. The van der Waals surface area contributed by atoms with Crippen molar-refractivity contribution < 1.29 is 19.4 Å². The molecular formula is C11H11BrO4. The SMILES string of the molecule is CC(Br)C(=O)O[C@H](C(=O)O)c1ccccc1. The molecule has 5 heteroatoms. The zero-order chi connectivity index (χ0) is 12.1. The Morgan fingerprint density at radius 2 is 1.88 bits per heavy atom. The second-order valence-electron chi connectivity index (χ2n) is 3.18. The standard InChI is InChI=1S/C11H11BrO4/c1-7(12)11(15)16-9(10(13)14)8-5-3-2-4-6-8/h2-7,9H,1H3,(H,13,14)/t7?,9-/m0/s1. The minimum absolute atomic E-state index is 0.441. The molecule has 0 spiro atoms. The predicted molar refractivity (Wildman–Crippen MR) is 61.3 cm³/mol. The van der Waals surface area contributed by atoms with Gasteiger partial charge < -0.3 is 9.84 Å². The monoisotopic (exact) mass is 286 g/mol. The number of hydrogen-bond acceptors (Lipinski definition) is 3. The minimum atomic E-state index is -1.26. The number of alkyl halides is 1. The molecule has 0 saturated carbocycles. The number of benzene rings is 1. The van der Waals surface area contributed by atoms with Crippen molar-refractivity contribution in [2.75, 3.05) is 0 Å². The topological polar surface area (TPSA) is 63.6 Å². The van der Waals surface area contributed by atoms with Gasteiger partial charge in [-0.15, -0.1) is 0 Å². The summed E-state index contributed by atoms with van der Waals surface area (Å²) in [4.78, 5) is 21.7. The summed E-state index contributed by atoms with van der Waals surface area (Å²) in [5.41, 5.74) is 0.441. The number of carboxylic acids is 1. The second kappa shape index (κ2) is 5.65. The number of ether oxygens (including phenoxy) is 1. The Balaban J connectivity index is 2.85. The maximum absolute atomic E-state index is 11.3. The third kappa shape index (κ3) is 3.34. The molecule has 1 N–H and O–H groups in total. The fourth-order valence-corrected chi connectivity index (χ4v) is 1.21. The van der Waals surface area contributed by atoms with Gasteiger partial charge in [-0.1, -0.05) is 46.3 Å². The summed E-state index contributed by atoms with van der Waals surface area (Å²) in [6, 6.07) is 8.35. The van der Waals surface area contributed by atoms with E-state index in [1.807, 2.05) is 0 Å². The molecule has 0 radical (unpaired) electrons. The van der Waals surface area contributed by atoms with Crippen LogP contribution < -0.4 is 0 Å². The molecule has 0 bridgehead atoms. The van der Waals surface area contributed by atoms with Crippen LogP contribution in [0.1, 0.15) is 18.6 Å². The highest BCUT2D eigenvalue weighted by atomic mass is 79.9. The minimum Gasteiger partial charge on any atom is -0.478 e. The lowest BCUT2D eigenvalue weighted by Gasteiger charge is -2.14. The van der Waals surface area contributed by atoms with Crippen LogP contribution in [0.2, 0.25) is 0 Å². The Hall–Kier alpha value is -1.36. The number of aliphatic carboxylic acids is 1. The maximum Gasteiger partial charge on any atom is 0.349 e. The first kappa shape index (κ1) is 12.7. The third-order valence-corrected chi connectivity index (χ3v) is 2.26. The van der Waals surface area contributed by atoms with Crippen molar-refractivity contribution in [2.45, 2.75) is 17.9 Å². The summed E-state index contributed by atoms with van der Waals surface area (Å²) in [6.07, 6.45) is -1.26. The molecule has 1 rings (SSSR count). The van der Waals surface area contributed by atoms with Gasteiger partial charge in [0.1, 0.15) is 4.83 Å². The van der Waals surface area contributed by atoms with Crippen LogP contribution in [0.25, 0.3) is 0 Å². The van der Waals surface area contributed by atoms with Gasteiger partial charge in [-0.25, -0.2) is 4.79 Å². The van der Waals surface area contributed by atoms with Crippen molar-refractivity contribution in [3.05, 3.63) is 35.9 Å². The Morgan fingerprint density at radius 1 is 1.31 bits per heavy atom. The van der Waals surface area contributed by atoms with E-state index in [4.69, 9.17) is 9.84 Å². The molecule has 0 aliphatic carbocycles. The van der Waals surface area contributed by atoms with Crippen LogP contribution in [0.15, 0.2) is 30.3 Å². The number of halogens is 1. The molecule has 0 amide bonds. The van der Waals surface area contributed by atoms with Crippen molar-refractivity contribution in [3.63, 3.8) is 0 Å². The lowest BCUT2D eigenvalue weighted by molar-refractivity contribution is -0.163. The molecule has 0 aliphatic rings. The van der Waals surface area contributed by atoms with E-state index in [0.717, 1.165) is 0 Å². The molecule has 1 aromatic carbocycles. The zero-order valence-electron chi connectivity index (χ0n) is 8.59. The van der Waals surface area contributed by atoms with E-state index in [2.05, 4.69) is 15.9 Å². The van der Waals surface area contributed by atoms with Crippen molar-refractivity contribution in [2.24, 2.45) is 0 Å². The Kier molecular flexibility index (Phi) is 4.49. The Morgan fingerprint density at radius 3 is 2.31 bits per heavy atom. The van der Waals surface area contributed by atoms with Crippen LogP contribution >= 0.6 is 15.9 Å². The summed E-state index contributed by atoms with van der Waals surface area (Å²) < 4.78 is 4.87. The van der Waals surface area contributed by atoms with E-state index in [1.54, 1.807) is 37.3 Å². The molecule has 2 atom stereocenters. The molecule has 86 valence electrons. The van der Waals surface area contributed by atoms with Gasteiger partial charge in [0.25, 0.3) is 0 Å². The summed E-state index contributed by atoms with van der Waals surface area (Å²) in [7, 11) is 0. The van der Waals surface area contributed by atoms with E-state index < -0.39 is 22.9 Å². The van der Waals surface area contributed by atoms with Gasteiger partial charge in [-0.2, -0.15) is 0 Å².